The predicted molar refractivity (Wildman–Crippen MR) is 147 cm³/mol. The molecule has 0 aromatic rings. The molecule has 4 rings (SSSR count). The van der Waals surface area contributed by atoms with Crippen LogP contribution >= 0.6 is 0 Å². The molecule has 0 radical (unpaired) electrons. The first kappa shape index (κ1) is 29.2. The number of carboxylic acids is 1. The molecule has 4 heteroatoms. The van der Waals surface area contributed by atoms with E-state index in [1.807, 2.05) is 0 Å². The van der Waals surface area contributed by atoms with Crippen molar-refractivity contribution in [1.29, 1.82) is 0 Å². The summed E-state index contributed by atoms with van der Waals surface area (Å²) in [4.78, 5) is 9.00. The molecule has 4 aliphatic rings. The van der Waals surface area contributed by atoms with Crippen molar-refractivity contribution in [3.63, 3.8) is 0 Å². The van der Waals surface area contributed by atoms with Crippen LogP contribution in [-0.2, 0) is 4.79 Å². The van der Waals surface area contributed by atoms with E-state index in [0.717, 1.165) is 51.9 Å². The Labute approximate surface area is 220 Å². The van der Waals surface area contributed by atoms with Crippen LogP contribution in [0.4, 0.5) is 0 Å². The molecule has 4 nitrogen and oxygen atoms in total. The number of hydrogen-bond donors (Lipinski definition) is 3. The fourth-order valence-corrected chi connectivity index (χ4v) is 8.61. The van der Waals surface area contributed by atoms with E-state index in [0.29, 0.717) is 23.7 Å². The zero-order chi connectivity index (χ0) is 27.2. The van der Waals surface area contributed by atoms with Gasteiger partial charge in [-0.15, -0.1) is 0 Å². The van der Waals surface area contributed by atoms with E-state index >= 15 is 0 Å². The van der Waals surface area contributed by atoms with Gasteiger partial charge < -0.3 is 15.3 Å². The van der Waals surface area contributed by atoms with E-state index in [9.17, 15) is 10.2 Å². The average Bonchev–Trinajstić information content (AvgIpc) is 3.10. The lowest BCUT2D eigenvalue weighted by atomic mass is 9.46. The number of carboxylic acid groups (broad SMARTS) is 1. The van der Waals surface area contributed by atoms with Gasteiger partial charge >= 0.3 is 0 Å². The van der Waals surface area contributed by atoms with Crippen molar-refractivity contribution in [3.8, 4) is 0 Å². The summed E-state index contributed by atoms with van der Waals surface area (Å²) in [5.41, 5.74) is 5.79. The highest BCUT2D eigenvalue weighted by molar-refractivity contribution is 5.63. The topological polar surface area (TPSA) is 77.8 Å². The SMILES string of the molecule is C=C(CCC(C)C1CC=C2C3=C(C(O)CC21C)C1(C)CCC(O)C(C)(C)C1CC3)C(C)C.CC(=O)O. The van der Waals surface area contributed by atoms with Crippen LogP contribution in [0.25, 0.3) is 0 Å². The average molecular weight is 501 g/mol. The summed E-state index contributed by atoms with van der Waals surface area (Å²) < 4.78 is 0. The molecular weight excluding hydrogens is 448 g/mol. The number of carbonyl (C=O) groups is 1. The van der Waals surface area contributed by atoms with Crippen molar-refractivity contribution < 1.29 is 20.1 Å². The fourth-order valence-electron chi connectivity index (χ4n) is 8.61. The summed E-state index contributed by atoms with van der Waals surface area (Å²) in [5.74, 6) is 1.41. The summed E-state index contributed by atoms with van der Waals surface area (Å²) in [7, 11) is 0. The van der Waals surface area contributed by atoms with Gasteiger partial charge in [-0.05, 0) is 108 Å². The smallest absolute Gasteiger partial charge is 0.300 e. The van der Waals surface area contributed by atoms with Crippen molar-refractivity contribution in [2.45, 2.75) is 119 Å². The first-order chi connectivity index (χ1) is 16.6. The first-order valence-electron chi connectivity index (χ1n) is 14.2. The summed E-state index contributed by atoms with van der Waals surface area (Å²) in [6.07, 6.45) is 10.3. The molecule has 0 aliphatic heterocycles. The van der Waals surface area contributed by atoms with Gasteiger partial charge in [0.05, 0.1) is 12.2 Å². The van der Waals surface area contributed by atoms with Crippen molar-refractivity contribution in [2.24, 2.45) is 39.9 Å². The van der Waals surface area contributed by atoms with E-state index in [4.69, 9.17) is 9.90 Å². The monoisotopic (exact) mass is 500 g/mol. The van der Waals surface area contributed by atoms with Gasteiger partial charge in [0.15, 0.2) is 0 Å². The molecule has 204 valence electrons. The van der Waals surface area contributed by atoms with Gasteiger partial charge in [-0.3, -0.25) is 4.79 Å². The summed E-state index contributed by atoms with van der Waals surface area (Å²) in [6.45, 7) is 21.7. The number of rotatable bonds is 5. The molecule has 0 aromatic carbocycles. The molecule has 1 saturated carbocycles. The number of aliphatic hydroxyl groups is 2. The molecule has 1 fully saturated rings. The van der Waals surface area contributed by atoms with E-state index < -0.39 is 5.97 Å². The second-order valence-electron chi connectivity index (χ2n) is 13.7. The Morgan fingerprint density at radius 3 is 2.31 bits per heavy atom. The highest BCUT2D eigenvalue weighted by atomic mass is 16.4. The second kappa shape index (κ2) is 10.4. The Morgan fingerprint density at radius 2 is 1.72 bits per heavy atom. The molecule has 36 heavy (non-hydrogen) atoms. The lowest BCUT2D eigenvalue weighted by Crippen LogP contribution is -2.55. The molecule has 7 atom stereocenters. The Kier molecular flexibility index (Phi) is 8.43. The van der Waals surface area contributed by atoms with Gasteiger partial charge in [0, 0.05) is 6.92 Å². The summed E-state index contributed by atoms with van der Waals surface area (Å²) in [5, 5.41) is 29.9. The van der Waals surface area contributed by atoms with Gasteiger partial charge in [0.1, 0.15) is 0 Å². The molecule has 0 aromatic heterocycles. The third-order valence-electron chi connectivity index (χ3n) is 10.8. The van der Waals surface area contributed by atoms with E-state index in [-0.39, 0.29) is 28.5 Å². The van der Waals surface area contributed by atoms with E-state index in [2.05, 4.69) is 61.1 Å². The maximum absolute atomic E-state index is 11.7. The highest BCUT2D eigenvalue weighted by Gasteiger charge is 2.59. The van der Waals surface area contributed by atoms with E-state index in [1.165, 1.54) is 23.1 Å². The molecule has 0 saturated heterocycles. The van der Waals surface area contributed by atoms with Crippen LogP contribution in [0, 0.1) is 39.9 Å². The minimum absolute atomic E-state index is 0.0105. The highest BCUT2D eigenvalue weighted by Crippen LogP contribution is 2.66. The third kappa shape index (κ3) is 5.01. The number of fused-ring (bicyclic) bond motifs is 4. The van der Waals surface area contributed by atoms with Gasteiger partial charge in [0.25, 0.3) is 5.97 Å². The predicted octanol–water partition coefficient (Wildman–Crippen LogP) is 7.32. The lowest BCUT2D eigenvalue weighted by Gasteiger charge is -2.60. The molecular formula is C32H52O4. The fraction of sp³-hybridized carbons (Fsp3) is 0.781. The van der Waals surface area contributed by atoms with Gasteiger partial charge in [-0.2, -0.15) is 0 Å². The number of aliphatic carboxylic acids is 1. The Hall–Kier alpha value is -1.39. The molecule has 3 N–H and O–H groups in total. The Balaban J connectivity index is 0.000000840. The minimum Gasteiger partial charge on any atom is -0.481 e. The number of aliphatic hydroxyl groups excluding tert-OH is 2. The van der Waals surface area contributed by atoms with E-state index in [1.54, 1.807) is 5.57 Å². The molecule has 0 bridgehead atoms. The van der Waals surface area contributed by atoms with Crippen LogP contribution in [0.3, 0.4) is 0 Å². The van der Waals surface area contributed by atoms with Gasteiger partial charge in [-0.1, -0.05) is 66.7 Å². The second-order valence-corrected chi connectivity index (χ2v) is 13.7. The normalized spacial score (nSPS) is 37.7. The maximum Gasteiger partial charge on any atom is 0.300 e. The Bertz CT molecular complexity index is 920. The van der Waals surface area contributed by atoms with Crippen LogP contribution < -0.4 is 0 Å². The zero-order valence-electron chi connectivity index (χ0n) is 24.2. The molecule has 0 heterocycles. The summed E-state index contributed by atoms with van der Waals surface area (Å²) in [6, 6.07) is 0. The van der Waals surface area contributed by atoms with Crippen molar-refractivity contribution in [2.75, 3.05) is 0 Å². The van der Waals surface area contributed by atoms with Crippen LogP contribution in [0.15, 0.2) is 34.9 Å². The van der Waals surface area contributed by atoms with Crippen molar-refractivity contribution >= 4 is 5.97 Å². The zero-order valence-corrected chi connectivity index (χ0v) is 24.2. The van der Waals surface area contributed by atoms with Crippen LogP contribution in [-0.4, -0.2) is 33.5 Å². The van der Waals surface area contributed by atoms with Gasteiger partial charge in [-0.25, -0.2) is 0 Å². The van der Waals surface area contributed by atoms with Crippen LogP contribution in [0.1, 0.15) is 107 Å². The largest absolute Gasteiger partial charge is 0.481 e. The molecule has 4 aliphatic carbocycles. The third-order valence-corrected chi connectivity index (χ3v) is 10.8. The van der Waals surface area contributed by atoms with Crippen molar-refractivity contribution in [3.05, 3.63) is 34.9 Å². The Morgan fingerprint density at radius 1 is 1.11 bits per heavy atom. The number of hydrogen-bond acceptors (Lipinski definition) is 3. The van der Waals surface area contributed by atoms with Crippen LogP contribution in [0.2, 0.25) is 0 Å². The lowest BCUT2D eigenvalue weighted by molar-refractivity contribution is -0.134. The standard InChI is InChI=1S/C30H48O2.C2H4O2/c1-18(2)19(3)9-10-20(4)22-12-13-23-21-11-14-25-28(5,6)26(32)15-16-29(25,7)27(21)24(31)17-30(22,23)8;1-2(3)4/h13,18,20,22,24-26,31-32H,3,9-12,14-17H2,1-2,4-8H3;1H3,(H,3,4). The summed E-state index contributed by atoms with van der Waals surface area (Å²) >= 11 is 0. The molecule has 7 unspecified atom stereocenters. The molecule has 0 spiro atoms. The minimum atomic E-state index is -0.833. The number of allylic oxidation sites excluding steroid dienone is 4. The first-order valence-corrected chi connectivity index (χ1v) is 14.2. The quantitative estimate of drug-likeness (QED) is 0.346. The van der Waals surface area contributed by atoms with Crippen molar-refractivity contribution in [1.82, 2.24) is 0 Å². The maximum atomic E-state index is 11.7. The van der Waals surface area contributed by atoms with Gasteiger partial charge in [0.2, 0.25) is 0 Å². The molecule has 0 amide bonds. The van der Waals surface area contributed by atoms with Crippen LogP contribution in [0.5, 0.6) is 0 Å².